The Balaban J connectivity index is 1.85. The quantitative estimate of drug-likeness (QED) is 0.797. The van der Waals surface area contributed by atoms with E-state index in [4.69, 9.17) is 16.3 Å². The molecule has 0 aliphatic carbocycles. The van der Waals surface area contributed by atoms with Crippen molar-refractivity contribution in [2.45, 2.75) is 33.2 Å². The Kier molecular flexibility index (Phi) is 5.56. The summed E-state index contributed by atoms with van der Waals surface area (Å²) in [5, 5.41) is 0. The molecule has 2 aromatic rings. The average molecular weight is 390 g/mol. The number of hydrogen-bond acceptors (Lipinski definition) is 4. The maximum Gasteiger partial charge on any atom is 0.256 e. The van der Waals surface area contributed by atoms with Gasteiger partial charge < -0.3 is 14.6 Å². The van der Waals surface area contributed by atoms with Gasteiger partial charge in [-0.05, 0) is 19.9 Å². The monoisotopic (exact) mass is 389 g/mol. The number of nitrogens with zero attached hydrogens (tertiary/aromatic N) is 2. The van der Waals surface area contributed by atoms with Crippen molar-refractivity contribution in [1.82, 2.24) is 14.9 Å². The molecule has 3 rings (SSSR count). The third-order valence-corrected chi connectivity index (χ3v) is 5.54. The highest BCUT2D eigenvalue weighted by atomic mass is 35.5. The maximum atomic E-state index is 12.6. The number of fused-ring (bicyclic) bond motifs is 1. The molecule has 144 valence electrons. The van der Waals surface area contributed by atoms with Crippen molar-refractivity contribution < 1.29 is 9.53 Å². The van der Waals surface area contributed by atoms with Gasteiger partial charge in [0.2, 0.25) is 5.91 Å². The lowest BCUT2D eigenvalue weighted by Crippen LogP contribution is -2.46. The van der Waals surface area contributed by atoms with E-state index in [0.717, 1.165) is 17.0 Å². The molecule has 1 amide bonds. The molecule has 0 atom stereocenters. The van der Waals surface area contributed by atoms with E-state index in [1.54, 1.807) is 12.0 Å². The third-order valence-electron chi connectivity index (χ3n) is 4.87. The van der Waals surface area contributed by atoms with Crippen LogP contribution in [0.1, 0.15) is 36.5 Å². The SMILES string of the molecule is COc1ccccc1Cc1nc2c(c(=O)[nH]1)CN(C(=O)C(C)(C)CCl)CC2. The van der Waals surface area contributed by atoms with Gasteiger partial charge in [-0.15, -0.1) is 11.6 Å². The number of halogens is 1. The molecule has 0 radical (unpaired) electrons. The number of benzene rings is 1. The topological polar surface area (TPSA) is 75.3 Å². The summed E-state index contributed by atoms with van der Waals surface area (Å²) in [6, 6.07) is 7.66. The van der Waals surface area contributed by atoms with E-state index in [1.807, 2.05) is 38.1 Å². The summed E-state index contributed by atoms with van der Waals surface area (Å²) in [6.45, 7) is 4.44. The van der Waals surface area contributed by atoms with E-state index in [0.29, 0.717) is 30.8 Å². The molecule has 1 aliphatic heterocycles. The Morgan fingerprint density at radius 2 is 2.11 bits per heavy atom. The molecule has 0 saturated carbocycles. The van der Waals surface area contributed by atoms with Crippen LogP contribution in [-0.4, -0.2) is 40.3 Å². The number of rotatable bonds is 5. The summed E-state index contributed by atoms with van der Waals surface area (Å²) in [5.41, 5.74) is 1.44. The van der Waals surface area contributed by atoms with Gasteiger partial charge in [-0.1, -0.05) is 18.2 Å². The fraction of sp³-hybridized carbons (Fsp3) is 0.450. The van der Waals surface area contributed by atoms with Crippen LogP contribution in [0.5, 0.6) is 5.75 Å². The molecule has 27 heavy (non-hydrogen) atoms. The number of carbonyl (C=O) groups excluding carboxylic acids is 1. The zero-order valence-electron chi connectivity index (χ0n) is 15.8. The molecule has 7 heteroatoms. The lowest BCUT2D eigenvalue weighted by Gasteiger charge is -2.33. The Labute approximate surface area is 163 Å². The van der Waals surface area contributed by atoms with Crippen LogP contribution < -0.4 is 10.3 Å². The number of carbonyl (C=O) groups is 1. The second-order valence-electron chi connectivity index (χ2n) is 7.42. The van der Waals surface area contributed by atoms with E-state index >= 15 is 0 Å². The fourth-order valence-corrected chi connectivity index (χ4v) is 3.36. The number of hydrogen-bond donors (Lipinski definition) is 1. The van der Waals surface area contributed by atoms with Gasteiger partial charge in [0.1, 0.15) is 11.6 Å². The van der Waals surface area contributed by atoms with Gasteiger partial charge >= 0.3 is 0 Å². The van der Waals surface area contributed by atoms with Crippen molar-refractivity contribution in [3.8, 4) is 5.75 Å². The molecule has 1 aromatic heterocycles. The first-order valence-corrected chi connectivity index (χ1v) is 9.47. The number of amides is 1. The molecular weight excluding hydrogens is 366 g/mol. The van der Waals surface area contributed by atoms with E-state index in [1.165, 1.54) is 0 Å². The van der Waals surface area contributed by atoms with Crippen molar-refractivity contribution in [3.63, 3.8) is 0 Å². The highest BCUT2D eigenvalue weighted by Gasteiger charge is 2.34. The van der Waals surface area contributed by atoms with E-state index in [2.05, 4.69) is 9.97 Å². The van der Waals surface area contributed by atoms with Crippen molar-refractivity contribution in [1.29, 1.82) is 0 Å². The first kappa shape index (κ1) is 19.4. The molecule has 1 aliphatic rings. The van der Waals surface area contributed by atoms with Crippen molar-refractivity contribution in [2.24, 2.45) is 5.41 Å². The number of H-pyrrole nitrogens is 1. The third kappa shape index (κ3) is 4.00. The van der Waals surface area contributed by atoms with Crippen LogP contribution in [0, 0.1) is 5.41 Å². The first-order valence-electron chi connectivity index (χ1n) is 8.94. The smallest absolute Gasteiger partial charge is 0.256 e. The Hall–Kier alpha value is -2.34. The van der Waals surface area contributed by atoms with Crippen LogP contribution in [0.15, 0.2) is 29.1 Å². The number of para-hydroxylation sites is 1. The summed E-state index contributed by atoms with van der Waals surface area (Å²) < 4.78 is 5.37. The van der Waals surface area contributed by atoms with Gasteiger partial charge in [-0.3, -0.25) is 9.59 Å². The number of methoxy groups -OCH3 is 1. The summed E-state index contributed by atoms with van der Waals surface area (Å²) in [4.78, 5) is 34.5. The van der Waals surface area contributed by atoms with Crippen LogP contribution in [0.3, 0.4) is 0 Å². The zero-order valence-corrected chi connectivity index (χ0v) is 16.6. The molecule has 2 heterocycles. The lowest BCUT2D eigenvalue weighted by molar-refractivity contribution is -0.140. The van der Waals surface area contributed by atoms with Crippen molar-refractivity contribution in [3.05, 3.63) is 57.3 Å². The second-order valence-corrected chi connectivity index (χ2v) is 7.69. The molecule has 0 unspecified atom stereocenters. The lowest BCUT2D eigenvalue weighted by atomic mass is 9.93. The molecule has 1 aromatic carbocycles. The van der Waals surface area contributed by atoms with Crippen LogP contribution >= 0.6 is 11.6 Å². The largest absolute Gasteiger partial charge is 0.496 e. The number of nitrogens with one attached hydrogen (secondary N) is 1. The first-order chi connectivity index (χ1) is 12.9. The number of ether oxygens (including phenoxy) is 1. The average Bonchev–Trinajstić information content (AvgIpc) is 2.67. The molecule has 0 saturated heterocycles. The second kappa shape index (κ2) is 7.72. The molecule has 0 spiro atoms. The molecular formula is C20H24ClN3O3. The van der Waals surface area contributed by atoms with Gasteiger partial charge in [0.15, 0.2) is 0 Å². The predicted octanol–water partition coefficient (Wildman–Crippen LogP) is 2.52. The maximum absolute atomic E-state index is 12.6. The normalized spacial score (nSPS) is 14.0. The van der Waals surface area contributed by atoms with Crippen LogP contribution in [-0.2, 0) is 24.2 Å². The number of alkyl halides is 1. The standard InChI is InChI=1S/C20H24ClN3O3/c1-20(2,12-21)19(26)24-9-8-15-14(11-24)18(25)23-17(22-15)10-13-6-4-5-7-16(13)27-3/h4-7H,8-12H2,1-3H3,(H,22,23,25). The van der Waals surface area contributed by atoms with E-state index in [-0.39, 0.29) is 23.9 Å². The van der Waals surface area contributed by atoms with Crippen LogP contribution in [0.2, 0.25) is 0 Å². The predicted molar refractivity (Wildman–Crippen MR) is 104 cm³/mol. The minimum absolute atomic E-state index is 0.0411. The van der Waals surface area contributed by atoms with Crippen LogP contribution in [0.25, 0.3) is 0 Å². The van der Waals surface area contributed by atoms with Gasteiger partial charge in [-0.2, -0.15) is 0 Å². The van der Waals surface area contributed by atoms with Crippen molar-refractivity contribution >= 4 is 17.5 Å². The highest BCUT2D eigenvalue weighted by Crippen LogP contribution is 2.25. The number of aromatic nitrogens is 2. The molecule has 0 bridgehead atoms. The Bertz CT molecular complexity index is 908. The zero-order chi connectivity index (χ0) is 19.6. The molecule has 6 nitrogen and oxygen atoms in total. The van der Waals surface area contributed by atoms with Crippen molar-refractivity contribution in [2.75, 3.05) is 19.5 Å². The minimum Gasteiger partial charge on any atom is -0.496 e. The van der Waals surface area contributed by atoms with Gasteiger partial charge in [-0.25, -0.2) is 4.98 Å². The minimum atomic E-state index is -0.650. The number of aromatic amines is 1. The Morgan fingerprint density at radius 1 is 1.37 bits per heavy atom. The summed E-state index contributed by atoms with van der Waals surface area (Å²) >= 11 is 5.92. The van der Waals surface area contributed by atoms with Gasteiger partial charge in [0, 0.05) is 30.8 Å². The van der Waals surface area contributed by atoms with Gasteiger partial charge in [0.25, 0.3) is 5.56 Å². The fourth-order valence-electron chi connectivity index (χ4n) is 3.25. The summed E-state index contributed by atoms with van der Waals surface area (Å²) in [7, 11) is 1.62. The van der Waals surface area contributed by atoms with Gasteiger partial charge in [0.05, 0.1) is 30.3 Å². The van der Waals surface area contributed by atoms with E-state index in [9.17, 15) is 9.59 Å². The Morgan fingerprint density at radius 3 is 2.81 bits per heavy atom. The molecule has 1 N–H and O–H groups in total. The summed E-state index contributed by atoms with van der Waals surface area (Å²) in [6.07, 6.45) is 1.04. The highest BCUT2D eigenvalue weighted by molar-refractivity contribution is 6.19. The summed E-state index contributed by atoms with van der Waals surface area (Å²) in [5.74, 6) is 1.56. The molecule has 0 fully saturated rings. The van der Waals surface area contributed by atoms with E-state index < -0.39 is 5.41 Å². The van der Waals surface area contributed by atoms with Crippen LogP contribution in [0.4, 0.5) is 0 Å².